The van der Waals surface area contributed by atoms with Crippen molar-refractivity contribution in [3.8, 4) is 0 Å². The summed E-state index contributed by atoms with van der Waals surface area (Å²) in [5.41, 5.74) is 2.25. The maximum Gasteiger partial charge on any atom is 0.253 e. The monoisotopic (exact) mass is 301 g/mol. The van der Waals surface area contributed by atoms with Crippen LogP contribution in [0.15, 0.2) is 24.3 Å². The summed E-state index contributed by atoms with van der Waals surface area (Å²) in [6.07, 6.45) is 8.08. The van der Waals surface area contributed by atoms with Gasteiger partial charge in [0.2, 0.25) is 0 Å². The third-order valence-electron chi connectivity index (χ3n) is 5.22. The lowest BCUT2D eigenvalue weighted by Crippen LogP contribution is -2.30. The Labute approximate surface area is 135 Å². The van der Waals surface area contributed by atoms with Crippen LogP contribution in [0.1, 0.15) is 81.1 Å². The molecule has 122 valence electrons. The van der Waals surface area contributed by atoms with Crippen LogP contribution in [0.2, 0.25) is 0 Å². The molecule has 2 heteroatoms. The molecule has 1 saturated carbocycles. The fraction of sp³-hybridized carbons (Fsp3) is 0.650. The van der Waals surface area contributed by atoms with E-state index in [2.05, 4.69) is 19.1 Å². The molecule has 2 nitrogen and oxygen atoms in total. The maximum atomic E-state index is 12.3. The van der Waals surface area contributed by atoms with E-state index < -0.39 is 0 Å². The van der Waals surface area contributed by atoms with E-state index in [1.54, 1.807) is 0 Å². The highest BCUT2D eigenvalue weighted by atomic mass is 16.2. The summed E-state index contributed by atoms with van der Waals surface area (Å²) in [6.45, 7) is 7.91. The minimum absolute atomic E-state index is 0.156. The number of hydrogen-bond acceptors (Lipinski definition) is 1. The van der Waals surface area contributed by atoms with Gasteiger partial charge in [0, 0.05) is 18.7 Å². The minimum Gasteiger partial charge on any atom is -0.339 e. The summed E-state index contributed by atoms with van der Waals surface area (Å²) < 4.78 is 0. The van der Waals surface area contributed by atoms with Crippen molar-refractivity contribution in [3.05, 3.63) is 35.4 Å². The van der Waals surface area contributed by atoms with E-state index >= 15 is 0 Å². The van der Waals surface area contributed by atoms with Gasteiger partial charge in [-0.05, 0) is 69.1 Å². The Bertz CT molecular complexity index is 453. The Morgan fingerprint density at radius 2 is 1.59 bits per heavy atom. The van der Waals surface area contributed by atoms with Crippen LogP contribution >= 0.6 is 0 Å². The van der Waals surface area contributed by atoms with E-state index in [4.69, 9.17) is 0 Å². The van der Waals surface area contributed by atoms with Crippen LogP contribution in [0.4, 0.5) is 0 Å². The number of amides is 1. The molecule has 0 aliphatic heterocycles. The van der Waals surface area contributed by atoms with Gasteiger partial charge in [0.1, 0.15) is 0 Å². The molecule has 0 atom stereocenters. The zero-order chi connectivity index (χ0) is 15.9. The molecule has 22 heavy (non-hydrogen) atoms. The van der Waals surface area contributed by atoms with Gasteiger partial charge in [-0.15, -0.1) is 0 Å². The largest absolute Gasteiger partial charge is 0.339 e. The Morgan fingerprint density at radius 1 is 1.00 bits per heavy atom. The first-order chi connectivity index (χ1) is 10.7. The first-order valence-corrected chi connectivity index (χ1v) is 9.08. The molecule has 0 unspecified atom stereocenters. The number of carbonyl (C=O) groups is 1. The lowest BCUT2D eigenvalue weighted by atomic mass is 9.77. The zero-order valence-corrected chi connectivity index (χ0v) is 14.5. The summed E-state index contributed by atoms with van der Waals surface area (Å²) in [6, 6.07) is 8.41. The van der Waals surface area contributed by atoms with Gasteiger partial charge in [0.05, 0.1) is 0 Å². The molecule has 1 aliphatic rings. The third kappa shape index (κ3) is 4.12. The Balaban J connectivity index is 1.96. The van der Waals surface area contributed by atoms with E-state index in [9.17, 15) is 4.79 Å². The third-order valence-corrected chi connectivity index (χ3v) is 5.22. The fourth-order valence-electron chi connectivity index (χ4n) is 3.78. The smallest absolute Gasteiger partial charge is 0.253 e. The van der Waals surface area contributed by atoms with Crippen LogP contribution in [0.25, 0.3) is 0 Å². The summed E-state index contributed by atoms with van der Waals surface area (Å²) in [5, 5.41) is 0. The zero-order valence-electron chi connectivity index (χ0n) is 14.5. The molecule has 0 spiro atoms. The van der Waals surface area contributed by atoms with Gasteiger partial charge in [-0.1, -0.05) is 31.9 Å². The highest BCUT2D eigenvalue weighted by Crippen LogP contribution is 2.37. The number of carbonyl (C=O) groups excluding carboxylic acids is 1. The van der Waals surface area contributed by atoms with Crippen molar-refractivity contribution < 1.29 is 4.79 Å². The van der Waals surface area contributed by atoms with Gasteiger partial charge >= 0.3 is 0 Å². The van der Waals surface area contributed by atoms with Crippen LogP contribution in [0.5, 0.6) is 0 Å². The normalized spacial score (nSPS) is 21.6. The molecule has 1 aliphatic carbocycles. The molecule has 0 radical (unpaired) electrons. The SMILES string of the molecule is CCCC1CCC(c2ccc(C(=O)N(CC)CC)cc2)CC1. The predicted molar refractivity (Wildman–Crippen MR) is 93.3 cm³/mol. The summed E-state index contributed by atoms with van der Waals surface area (Å²) in [4.78, 5) is 14.2. The van der Waals surface area contributed by atoms with Crippen molar-refractivity contribution in [3.63, 3.8) is 0 Å². The molecule has 0 N–H and O–H groups in total. The number of nitrogens with zero attached hydrogens (tertiary/aromatic N) is 1. The first-order valence-electron chi connectivity index (χ1n) is 9.08. The van der Waals surface area contributed by atoms with Crippen molar-refractivity contribution in [2.75, 3.05) is 13.1 Å². The number of rotatable bonds is 6. The van der Waals surface area contributed by atoms with E-state index in [0.717, 1.165) is 24.6 Å². The standard InChI is InChI=1S/C20H31NO/c1-4-7-16-8-10-17(11-9-16)18-12-14-19(15-13-18)20(22)21(5-2)6-3/h12-17H,4-11H2,1-3H3. The minimum atomic E-state index is 0.156. The predicted octanol–water partition coefficient (Wildman–Crippen LogP) is 5.24. The lowest BCUT2D eigenvalue weighted by Gasteiger charge is -2.28. The van der Waals surface area contributed by atoms with Crippen molar-refractivity contribution in [1.29, 1.82) is 0 Å². The van der Waals surface area contributed by atoms with Crippen molar-refractivity contribution in [1.82, 2.24) is 4.90 Å². The quantitative estimate of drug-likeness (QED) is 0.703. The first kappa shape index (κ1) is 17.1. The van der Waals surface area contributed by atoms with Crippen LogP contribution in [0.3, 0.4) is 0 Å². The number of hydrogen-bond donors (Lipinski definition) is 0. The maximum absolute atomic E-state index is 12.3. The average Bonchev–Trinajstić information content (AvgIpc) is 2.57. The number of benzene rings is 1. The van der Waals surface area contributed by atoms with Crippen LogP contribution in [-0.4, -0.2) is 23.9 Å². The van der Waals surface area contributed by atoms with Crippen LogP contribution < -0.4 is 0 Å². The van der Waals surface area contributed by atoms with E-state index in [1.165, 1.54) is 44.1 Å². The molecule has 1 aromatic rings. The van der Waals surface area contributed by atoms with Gasteiger partial charge in [-0.2, -0.15) is 0 Å². The molecule has 0 saturated heterocycles. The molecule has 0 heterocycles. The molecular formula is C20H31NO. The van der Waals surface area contributed by atoms with Crippen molar-refractivity contribution >= 4 is 5.91 Å². The summed E-state index contributed by atoms with van der Waals surface area (Å²) in [7, 11) is 0. The van der Waals surface area contributed by atoms with E-state index in [-0.39, 0.29) is 5.91 Å². The van der Waals surface area contributed by atoms with Crippen LogP contribution in [-0.2, 0) is 0 Å². The lowest BCUT2D eigenvalue weighted by molar-refractivity contribution is 0.0773. The highest BCUT2D eigenvalue weighted by Gasteiger charge is 2.22. The molecule has 0 bridgehead atoms. The molecule has 1 fully saturated rings. The van der Waals surface area contributed by atoms with Crippen molar-refractivity contribution in [2.24, 2.45) is 5.92 Å². The molecular weight excluding hydrogens is 270 g/mol. The second-order valence-corrected chi connectivity index (χ2v) is 6.61. The van der Waals surface area contributed by atoms with Gasteiger partial charge < -0.3 is 4.90 Å². The summed E-state index contributed by atoms with van der Waals surface area (Å²) in [5.74, 6) is 1.80. The fourth-order valence-corrected chi connectivity index (χ4v) is 3.78. The Hall–Kier alpha value is -1.31. The topological polar surface area (TPSA) is 20.3 Å². The second kappa shape index (κ2) is 8.36. The highest BCUT2D eigenvalue weighted by molar-refractivity contribution is 5.94. The molecule has 1 aromatic carbocycles. The van der Waals surface area contributed by atoms with E-state index in [1.807, 2.05) is 30.9 Å². The van der Waals surface area contributed by atoms with Gasteiger partial charge in [-0.3, -0.25) is 4.79 Å². The molecule has 2 rings (SSSR count). The Morgan fingerprint density at radius 3 is 2.09 bits per heavy atom. The molecule has 0 aromatic heterocycles. The summed E-state index contributed by atoms with van der Waals surface area (Å²) >= 11 is 0. The Kier molecular flexibility index (Phi) is 6.48. The van der Waals surface area contributed by atoms with Gasteiger partial charge in [0.15, 0.2) is 0 Å². The van der Waals surface area contributed by atoms with Crippen LogP contribution in [0, 0.1) is 5.92 Å². The molecule has 1 amide bonds. The van der Waals surface area contributed by atoms with Gasteiger partial charge in [0.25, 0.3) is 5.91 Å². The second-order valence-electron chi connectivity index (χ2n) is 6.61. The van der Waals surface area contributed by atoms with E-state index in [0.29, 0.717) is 5.92 Å². The van der Waals surface area contributed by atoms with Crippen molar-refractivity contribution in [2.45, 2.75) is 65.2 Å². The van der Waals surface area contributed by atoms with Gasteiger partial charge in [-0.25, -0.2) is 0 Å². The average molecular weight is 301 g/mol.